The number of unbranched alkanes of at least 4 members (excludes halogenated alkanes) is 3. The smallest absolute Gasteiger partial charge is 0.326 e. The van der Waals surface area contributed by atoms with Gasteiger partial charge >= 0.3 is 11.9 Å². The van der Waals surface area contributed by atoms with E-state index in [1.165, 1.54) is 18.7 Å². The lowest BCUT2D eigenvalue weighted by molar-refractivity contribution is -0.143. The average molecular weight is 1220 g/mol. The Morgan fingerprint density at radius 3 is 2.10 bits per heavy atom. The predicted molar refractivity (Wildman–Crippen MR) is 315 cm³/mol. The van der Waals surface area contributed by atoms with Crippen molar-refractivity contribution in [3.05, 3.63) is 83.7 Å². The number of nitrogens with zero attached hydrogens (tertiary/aromatic N) is 3. The summed E-state index contributed by atoms with van der Waals surface area (Å²) >= 11 is 1.15. The molecule has 22 nitrogen and oxygen atoms in total. The Hall–Kier alpha value is -7.83. The van der Waals surface area contributed by atoms with Crippen LogP contribution in [0.3, 0.4) is 0 Å². The number of carboxylic acids is 2. The standard InChI is InChI=1S/C61H82F2N8O14S/c1-37(29-49(73)39(3)66-52(76)18-11-8-13-27-71-54(78)30-38(2)59(71)83)58(82)68-46(33-50(64)74)48(72)17-12-14-26-70(55(79)36-86-28-24-51(75)65-25-23-53(77)67-45(60(84)85)21-22-56(80)81)57(61(4,5)6)47-31-41(43-32-42(62)19-20-44(43)63)35-69(47)34-40-15-9-7-10-16-40/h7,9-10,15-16,19-20,31-32,35,37-39,45-46,57H,8,11-14,17-18,21-30,33-34,36H2,1-6H3,(H2,64,74)(H,65,75)(H,66,76)(H,67,77)(H,68,82)(H,80,81)(H,84,85)/t37-,38?,39-,45-,46-,57-/m0/s1. The van der Waals surface area contributed by atoms with Gasteiger partial charge in [0.25, 0.3) is 0 Å². The molecule has 3 aromatic rings. The van der Waals surface area contributed by atoms with Crippen molar-refractivity contribution >= 4 is 82.5 Å². The fourth-order valence-corrected chi connectivity index (χ4v) is 10.7. The van der Waals surface area contributed by atoms with Crippen molar-refractivity contribution in [2.24, 2.45) is 23.0 Å². The predicted octanol–water partition coefficient (Wildman–Crippen LogP) is 5.62. The third-order valence-corrected chi connectivity index (χ3v) is 15.4. The Balaban J connectivity index is 1.45. The number of rotatable bonds is 38. The van der Waals surface area contributed by atoms with Gasteiger partial charge in [0.15, 0.2) is 11.6 Å². The monoisotopic (exact) mass is 1220 g/mol. The van der Waals surface area contributed by atoms with Gasteiger partial charge in [-0.2, -0.15) is 11.8 Å². The van der Waals surface area contributed by atoms with Gasteiger partial charge in [0.2, 0.25) is 47.3 Å². The molecule has 0 saturated carbocycles. The van der Waals surface area contributed by atoms with E-state index in [2.05, 4.69) is 21.3 Å². The molecule has 1 aliphatic heterocycles. The van der Waals surface area contributed by atoms with E-state index in [9.17, 15) is 67.0 Å². The highest BCUT2D eigenvalue weighted by Crippen LogP contribution is 2.42. The maximum Gasteiger partial charge on any atom is 0.326 e. The van der Waals surface area contributed by atoms with E-state index in [0.717, 1.165) is 35.5 Å². The zero-order valence-corrected chi connectivity index (χ0v) is 50.6. The summed E-state index contributed by atoms with van der Waals surface area (Å²) in [5.41, 5.74) is 6.59. The van der Waals surface area contributed by atoms with Crippen molar-refractivity contribution in [2.75, 3.05) is 31.1 Å². The Kier molecular flexibility index (Phi) is 28.2. The number of likely N-dealkylation sites (tertiary alicyclic amines) is 1. The second-order valence-corrected chi connectivity index (χ2v) is 24.0. The Morgan fingerprint density at radius 1 is 0.779 bits per heavy atom. The maximum absolute atomic E-state index is 15.5. The molecule has 1 saturated heterocycles. The summed E-state index contributed by atoms with van der Waals surface area (Å²) in [6.07, 6.45) is 1.71. The molecule has 2 heterocycles. The summed E-state index contributed by atoms with van der Waals surface area (Å²) in [7, 11) is 0. The van der Waals surface area contributed by atoms with E-state index < -0.39 is 113 Å². The molecule has 1 fully saturated rings. The molecule has 0 aliphatic carbocycles. The van der Waals surface area contributed by atoms with Crippen LogP contribution < -0.4 is 27.0 Å². The van der Waals surface area contributed by atoms with Crippen molar-refractivity contribution < 1.29 is 76.5 Å². The number of benzene rings is 2. The van der Waals surface area contributed by atoms with Crippen molar-refractivity contribution in [1.82, 2.24) is 35.6 Å². The summed E-state index contributed by atoms with van der Waals surface area (Å²) in [5.74, 6) is -10.2. The Labute approximate surface area is 503 Å². The number of carbonyl (C=O) groups is 12. The number of aromatic nitrogens is 1. The number of hydrogen-bond acceptors (Lipinski definition) is 13. The second kappa shape index (κ2) is 34.3. The summed E-state index contributed by atoms with van der Waals surface area (Å²) < 4.78 is 32.1. The molecule has 4 rings (SSSR count). The van der Waals surface area contributed by atoms with Gasteiger partial charge in [-0.15, -0.1) is 0 Å². The van der Waals surface area contributed by atoms with Gasteiger partial charge < -0.3 is 46.7 Å². The van der Waals surface area contributed by atoms with Crippen molar-refractivity contribution in [3.63, 3.8) is 0 Å². The molecule has 2 aromatic carbocycles. The van der Waals surface area contributed by atoms with Gasteiger partial charge in [-0.1, -0.05) is 71.4 Å². The third-order valence-electron chi connectivity index (χ3n) is 14.5. The number of hydrogen-bond donors (Lipinski definition) is 7. The highest BCUT2D eigenvalue weighted by molar-refractivity contribution is 7.99. The molecule has 0 radical (unpaired) electrons. The molecule has 86 heavy (non-hydrogen) atoms. The van der Waals surface area contributed by atoms with Gasteiger partial charge in [-0.25, -0.2) is 13.6 Å². The molecule has 0 bridgehead atoms. The van der Waals surface area contributed by atoms with Crippen LogP contribution in [-0.2, 0) is 64.1 Å². The van der Waals surface area contributed by atoms with E-state index in [4.69, 9.17) is 10.8 Å². The third kappa shape index (κ3) is 23.2. The van der Waals surface area contributed by atoms with Crippen LogP contribution >= 0.6 is 11.8 Å². The quantitative estimate of drug-likeness (QED) is 0.0271. The van der Waals surface area contributed by atoms with Crippen LogP contribution in [-0.4, -0.2) is 145 Å². The summed E-state index contributed by atoms with van der Waals surface area (Å²) in [4.78, 5) is 155. The number of carboxylic acid groups (broad SMARTS) is 2. The van der Waals surface area contributed by atoms with Crippen LogP contribution in [0.2, 0.25) is 0 Å². The maximum atomic E-state index is 15.5. The first-order valence-electron chi connectivity index (χ1n) is 28.9. The normalized spacial score (nSPS) is 15.0. The molecule has 0 spiro atoms. The summed E-state index contributed by atoms with van der Waals surface area (Å²) in [5, 5.41) is 28.3. The molecular formula is C61H82F2N8O14S. The topological polar surface area (TPSA) is 331 Å². The zero-order valence-electron chi connectivity index (χ0n) is 49.8. The Bertz CT molecular complexity index is 2920. The largest absolute Gasteiger partial charge is 0.481 e. The molecule has 470 valence electrons. The van der Waals surface area contributed by atoms with E-state index in [1.54, 1.807) is 24.1 Å². The minimum atomic E-state index is -1.43. The minimum absolute atomic E-state index is 0.00233. The molecule has 1 unspecified atom stereocenters. The highest BCUT2D eigenvalue weighted by Gasteiger charge is 2.38. The molecule has 6 atom stereocenters. The number of imide groups is 1. The lowest BCUT2D eigenvalue weighted by Gasteiger charge is -2.41. The van der Waals surface area contributed by atoms with Gasteiger partial charge in [-0.05, 0) is 74.3 Å². The number of Topliss-reactive ketones (excluding diaryl/α,β-unsaturated/α-hetero) is 2. The first kappa shape index (κ1) is 70.7. The molecule has 1 aliphatic rings. The van der Waals surface area contributed by atoms with Crippen molar-refractivity contribution in [1.29, 1.82) is 0 Å². The van der Waals surface area contributed by atoms with Crippen molar-refractivity contribution in [3.8, 4) is 11.1 Å². The fourth-order valence-electron chi connectivity index (χ4n) is 9.91. The second-order valence-electron chi connectivity index (χ2n) is 22.9. The SMILES string of the molecule is CC1CC(=O)N(CCCCCC(=O)N[C@@H](C)C(=O)C[C@H](C)C(=O)N[C@@H](CC(N)=O)C(=O)CCCCN(C(=O)CSCCC(=O)NCCC(=O)N[C@@H](CCC(=O)O)C(=O)O)[C@@H](c2cc(-c3cc(F)ccc3F)cn2Cc2ccccc2)C(C)(C)C)C1=O. The van der Waals surface area contributed by atoms with E-state index in [1.807, 2.05) is 55.7 Å². The Morgan fingerprint density at radius 2 is 1.47 bits per heavy atom. The van der Waals surface area contributed by atoms with Crippen molar-refractivity contribution in [2.45, 2.75) is 162 Å². The van der Waals surface area contributed by atoms with E-state index >= 15 is 4.39 Å². The number of nitrogens with one attached hydrogen (secondary N) is 4. The van der Waals surface area contributed by atoms with Gasteiger partial charge in [0.1, 0.15) is 17.7 Å². The number of ketones is 2. The van der Waals surface area contributed by atoms with E-state index in [0.29, 0.717) is 30.5 Å². The van der Waals surface area contributed by atoms with Gasteiger partial charge in [0.05, 0.1) is 30.3 Å². The van der Waals surface area contributed by atoms with Crippen LogP contribution in [0.15, 0.2) is 60.8 Å². The number of aliphatic carboxylic acids is 2. The number of nitrogens with two attached hydrogens (primary N) is 1. The number of halogens is 2. The highest BCUT2D eigenvalue weighted by atomic mass is 32.2. The lowest BCUT2D eigenvalue weighted by Crippen LogP contribution is -2.46. The van der Waals surface area contributed by atoms with Gasteiger partial charge in [0, 0.05) is 112 Å². The summed E-state index contributed by atoms with van der Waals surface area (Å²) in [6.45, 7) is 10.9. The first-order chi connectivity index (χ1) is 40.5. The van der Waals surface area contributed by atoms with Gasteiger partial charge in [-0.3, -0.25) is 57.6 Å². The molecule has 25 heteroatoms. The average Bonchev–Trinajstić information content (AvgIpc) is 1.72. The van der Waals surface area contributed by atoms with Crippen LogP contribution in [0.1, 0.15) is 149 Å². The van der Waals surface area contributed by atoms with E-state index in [-0.39, 0.29) is 125 Å². The number of carbonyl (C=O) groups excluding carboxylic acids is 10. The number of primary amides is 1. The molecule has 8 N–H and O–H groups in total. The zero-order chi connectivity index (χ0) is 63.8. The lowest BCUT2D eigenvalue weighted by atomic mass is 9.82. The molecule has 1 aromatic heterocycles. The molecular weight excluding hydrogens is 1140 g/mol. The van der Waals surface area contributed by atoms with Crippen LogP contribution in [0.5, 0.6) is 0 Å². The number of amides is 8. The van der Waals surface area contributed by atoms with Crippen LogP contribution in [0.25, 0.3) is 11.1 Å². The minimum Gasteiger partial charge on any atom is -0.481 e. The van der Waals surface area contributed by atoms with Crippen LogP contribution in [0, 0.1) is 28.9 Å². The fraction of sp³-hybridized carbons (Fsp3) is 0.541. The number of thioether (sulfide) groups is 1. The molecule has 8 amide bonds. The summed E-state index contributed by atoms with van der Waals surface area (Å²) in [6, 6.07) is 9.74. The van der Waals surface area contributed by atoms with Crippen LogP contribution in [0.4, 0.5) is 8.78 Å². The first-order valence-corrected chi connectivity index (χ1v) is 30.1.